The Hall–Kier alpha value is -1.43. The highest BCUT2D eigenvalue weighted by Crippen LogP contribution is 2.21. The first-order chi connectivity index (χ1) is 11.7. The van der Waals surface area contributed by atoms with Crippen LogP contribution in [-0.4, -0.2) is 80.0 Å². The molecule has 25 heavy (non-hydrogen) atoms. The third-order valence-corrected chi connectivity index (χ3v) is 5.18. The van der Waals surface area contributed by atoms with Gasteiger partial charge in [-0.05, 0) is 47.5 Å². The van der Waals surface area contributed by atoms with Gasteiger partial charge in [-0.1, -0.05) is 29.8 Å². The van der Waals surface area contributed by atoms with Gasteiger partial charge in [-0.25, -0.2) is 0 Å². The monoisotopic (exact) mass is 346 g/mol. The number of hydrogen-bond donors (Lipinski definition) is 1. The van der Waals surface area contributed by atoms with Crippen LogP contribution in [0.3, 0.4) is 0 Å². The van der Waals surface area contributed by atoms with Crippen LogP contribution in [0.15, 0.2) is 24.3 Å². The number of nitrogens with zero attached hydrogens (tertiary/aromatic N) is 3. The molecule has 1 aliphatic rings. The Kier molecular flexibility index (Phi) is 6.60. The Morgan fingerprint density at radius 1 is 1.24 bits per heavy atom. The van der Waals surface area contributed by atoms with Crippen molar-refractivity contribution in [2.75, 3.05) is 53.9 Å². The standard InChI is InChI=1S/C20H34N4O/c1-16-8-7-9-17(14-16)18(22(4)5)19(25)21-15-20(2,3)24-12-10-23(6)11-13-24/h7-9,14,18H,10-13,15H2,1-6H3,(H,21,25)/t18-/m0/s1. The van der Waals surface area contributed by atoms with Crippen molar-refractivity contribution < 1.29 is 4.79 Å². The number of aryl methyl sites for hydroxylation is 1. The van der Waals surface area contributed by atoms with Crippen molar-refractivity contribution in [2.45, 2.75) is 32.4 Å². The van der Waals surface area contributed by atoms with E-state index in [9.17, 15) is 4.79 Å². The predicted octanol–water partition coefficient (Wildman–Crippen LogP) is 1.74. The van der Waals surface area contributed by atoms with Crippen LogP contribution in [-0.2, 0) is 4.79 Å². The van der Waals surface area contributed by atoms with Crippen LogP contribution in [0.1, 0.15) is 31.0 Å². The summed E-state index contributed by atoms with van der Waals surface area (Å²) in [4.78, 5) is 19.7. The van der Waals surface area contributed by atoms with E-state index in [4.69, 9.17) is 0 Å². The van der Waals surface area contributed by atoms with E-state index in [-0.39, 0.29) is 17.5 Å². The molecule has 0 unspecified atom stereocenters. The summed E-state index contributed by atoms with van der Waals surface area (Å²) < 4.78 is 0. The fourth-order valence-corrected chi connectivity index (χ4v) is 3.45. The Bertz CT molecular complexity index is 577. The molecule has 0 aromatic heterocycles. The van der Waals surface area contributed by atoms with Gasteiger partial charge in [0.1, 0.15) is 6.04 Å². The maximum Gasteiger partial charge on any atom is 0.242 e. The van der Waals surface area contributed by atoms with Gasteiger partial charge in [-0.2, -0.15) is 0 Å². The number of nitrogens with one attached hydrogen (secondary N) is 1. The summed E-state index contributed by atoms with van der Waals surface area (Å²) in [6, 6.07) is 7.94. The van der Waals surface area contributed by atoms with Gasteiger partial charge in [-0.3, -0.25) is 14.6 Å². The summed E-state index contributed by atoms with van der Waals surface area (Å²) in [5, 5.41) is 3.19. The molecule has 1 N–H and O–H groups in total. The lowest BCUT2D eigenvalue weighted by Crippen LogP contribution is -2.58. The predicted molar refractivity (Wildman–Crippen MR) is 104 cm³/mol. The molecule has 1 aromatic rings. The molecule has 1 fully saturated rings. The molecule has 0 radical (unpaired) electrons. The average Bonchev–Trinajstić information content (AvgIpc) is 2.53. The van der Waals surface area contributed by atoms with Crippen LogP contribution in [0, 0.1) is 6.92 Å². The lowest BCUT2D eigenvalue weighted by molar-refractivity contribution is -0.126. The van der Waals surface area contributed by atoms with E-state index in [1.807, 2.05) is 31.1 Å². The van der Waals surface area contributed by atoms with Crippen molar-refractivity contribution in [3.05, 3.63) is 35.4 Å². The number of hydrogen-bond acceptors (Lipinski definition) is 4. The van der Waals surface area contributed by atoms with Crippen LogP contribution >= 0.6 is 0 Å². The van der Waals surface area contributed by atoms with Crippen molar-refractivity contribution in [2.24, 2.45) is 0 Å². The van der Waals surface area contributed by atoms with Gasteiger partial charge < -0.3 is 10.2 Å². The molecule has 5 heteroatoms. The van der Waals surface area contributed by atoms with E-state index >= 15 is 0 Å². The molecule has 5 nitrogen and oxygen atoms in total. The molecule has 0 aliphatic carbocycles. The van der Waals surface area contributed by atoms with Crippen LogP contribution in [0.5, 0.6) is 0 Å². The largest absolute Gasteiger partial charge is 0.353 e. The fourth-order valence-electron chi connectivity index (χ4n) is 3.45. The van der Waals surface area contributed by atoms with Crippen LogP contribution in [0.25, 0.3) is 0 Å². The molecule has 1 aliphatic heterocycles. The highest BCUT2D eigenvalue weighted by Gasteiger charge is 2.31. The maximum atomic E-state index is 12.9. The Morgan fingerprint density at radius 3 is 2.44 bits per heavy atom. The van der Waals surface area contributed by atoms with Crippen molar-refractivity contribution in [3.8, 4) is 0 Å². The van der Waals surface area contributed by atoms with E-state index < -0.39 is 0 Å². The first-order valence-electron chi connectivity index (χ1n) is 9.15. The molecule has 1 heterocycles. The minimum Gasteiger partial charge on any atom is -0.353 e. The van der Waals surface area contributed by atoms with Crippen molar-refractivity contribution in [1.82, 2.24) is 20.0 Å². The van der Waals surface area contributed by atoms with E-state index in [2.05, 4.69) is 55.1 Å². The minimum atomic E-state index is -0.261. The zero-order valence-corrected chi connectivity index (χ0v) is 16.7. The second kappa shape index (κ2) is 8.30. The average molecular weight is 347 g/mol. The molecule has 140 valence electrons. The van der Waals surface area contributed by atoms with Gasteiger partial charge in [0, 0.05) is 38.3 Å². The molecule has 1 amide bonds. The van der Waals surface area contributed by atoms with Gasteiger partial charge in [0.15, 0.2) is 0 Å². The number of carbonyl (C=O) groups is 1. The number of carbonyl (C=O) groups excluding carboxylic acids is 1. The molecule has 1 aromatic carbocycles. The van der Waals surface area contributed by atoms with Crippen molar-refractivity contribution >= 4 is 5.91 Å². The SMILES string of the molecule is Cc1cccc([C@@H](C(=O)NCC(C)(C)N2CCN(C)CC2)N(C)C)c1. The number of amides is 1. The van der Waals surface area contributed by atoms with Crippen molar-refractivity contribution in [1.29, 1.82) is 0 Å². The quantitative estimate of drug-likeness (QED) is 0.852. The lowest BCUT2D eigenvalue weighted by Gasteiger charge is -2.43. The third kappa shape index (κ3) is 5.27. The van der Waals surface area contributed by atoms with Crippen LogP contribution in [0.4, 0.5) is 0 Å². The smallest absolute Gasteiger partial charge is 0.242 e. The van der Waals surface area contributed by atoms with E-state index in [1.165, 1.54) is 5.56 Å². The molecular weight excluding hydrogens is 312 g/mol. The highest BCUT2D eigenvalue weighted by atomic mass is 16.2. The van der Waals surface area contributed by atoms with Crippen LogP contribution < -0.4 is 5.32 Å². The topological polar surface area (TPSA) is 38.8 Å². The summed E-state index contributed by atoms with van der Waals surface area (Å²) in [5.74, 6) is 0.0674. The number of rotatable bonds is 6. The molecule has 1 saturated heterocycles. The van der Waals surface area contributed by atoms with Gasteiger partial charge in [-0.15, -0.1) is 0 Å². The molecule has 0 saturated carbocycles. The zero-order valence-electron chi connectivity index (χ0n) is 16.7. The number of likely N-dealkylation sites (N-methyl/N-ethyl adjacent to an activating group) is 2. The Morgan fingerprint density at radius 2 is 1.88 bits per heavy atom. The normalized spacial score (nSPS) is 18.4. The first-order valence-corrected chi connectivity index (χ1v) is 9.15. The lowest BCUT2D eigenvalue weighted by atomic mass is 9.99. The summed E-state index contributed by atoms with van der Waals surface area (Å²) in [5.41, 5.74) is 2.18. The van der Waals surface area contributed by atoms with Crippen LogP contribution in [0.2, 0.25) is 0 Å². The van der Waals surface area contributed by atoms with Gasteiger partial charge >= 0.3 is 0 Å². The molecular formula is C20H34N4O. The first kappa shape index (κ1) is 19.9. The third-order valence-electron chi connectivity index (χ3n) is 5.18. The summed E-state index contributed by atoms with van der Waals surface area (Å²) in [6.45, 7) is 11.4. The molecule has 0 bridgehead atoms. The summed E-state index contributed by atoms with van der Waals surface area (Å²) in [6.07, 6.45) is 0. The minimum absolute atomic E-state index is 0.0413. The number of benzene rings is 1. The van der Waals surface area contributed by atoms with Gasteiger partial charge in [0.05, 0.1) is 0 Å². The second-order valence-electron chi connectivity index (χ2n) is 8.10. The van der Waals surface area contributed by atoms with Gasteiger partial charge in [0.2, 0.25) is 5.91 Å². The van der Waals surface area contributed by atoms with Crippen molar-refractivity contribution in [3.63, 3.8) is 0 Å². The summed E-state index contributed by atoms with van der Waals surface area (Å²) >= 11 is 0. The fraction of sp³-hybridized carbons (Fsp3) is 0.650. The Balaban J connectivity index is 2.01. The Labute approximate surface area is 153 Å². The maximum absolute atomic E-state index is 12.9. The highest BCUT2D eigenvalue weighted by molar-refractivity contribution is 5.83. The molecule has 2 rings (SSSR count). The van der Waals surface area contributed by atoms with E-state index in [1.54, 1.807) is 0 Å². The van der Waals surface area contributed by atoms with E-state index in [0.29, 0.717) is 6.54 Å². The molecule has 0 spiro atoms. The summed E-state index contributed by atoms with van der Waals surface area (Å²) in [7, 11) is 6.08. The van der Waals surface area contributed by atoms with Gasteiger partial charge in [0.25, 0.3) is 0 Å². The molecule has 1 atom stereocenters. The zero-order chi connectivity index (χ0) is 18.6. The number of piperazine rings is 1. The second-order valence-corrected chi connectivity index (χ2v) is 8.10. The van der Waals surface area contributed by atoms with E-state index in [0.717, 1.165) is 31.7 Å².